The molecular weight excluding hydrogens is 270 g/mol. The highest BCUT2D eigenvalue weighted by Gasteiger charge is 2.27. The minimum atomic E-state index is -0.421. The van der Waals surface area contributed by atoms with Crippen LogP contribution >= 0.6 is 0 Å². The van der Waals surface area contributed by atoms with Crippen LogP contribution in [0.4, 0.5) is 17.8 Å². The van der Waals surface area contributed by atoms with Gasteiger partial charge in [-0.25, -0.2) is 5.84 Å². The summed E-state index contributed by atoms with van der Waals surface area (Å²) in [5, 5.41) is 12.9. The van der Waals surface area contributed by atoms with Gasteiger partial charge < -0.3 is 15.3 Å². The van der Waals surface area contributed by atoms with Crippen LogP contribution in [0.5, 0.6) is 0 Å². The second kappa shape index (κ2) is 6.86. The average Bonchev–Trinajstić information content (AvgIpc) is 3.07. The number of nitrogens with two attached hydrogens (primary N) is 1. The van der Waals surface area contributed by atoms with Crippen molar-refractivity contribution in [2.45, 2.75) is 45.1 Å². The van der Waals surface area contributed by atoms with Crippen LogP contribution in [-0.2, 0) is 0 Å². The molecule has 2 rings (SSSR count). The van der Waals surface area contributed by atoms with E-state index in [-0.39, 0.29) is 6.61 Å². The minimum Gasteiger partial charge on any atom is -0.394 e. The number of nitrogens with one attached hydrogen (secondary N) is 2. The predicted molar refractivity (Wildman–Crippen MR) is 83.1 cm³/mol. The van der Waals surface area contributed by atoms with Crippen LogP contribution in [-0.4, -0.2) is 45.3 Å². The molecule has 0 spiro atoms. The van der Waals surface area contributed by atoms with Gasteiger partial charge in [0, 0.05) is 13.1 Å². The van der Waals surface area contributed by atoms with Crippen molar-refractivity contribution >= 4 is 17.8 Å². The van der Waals surface area contributed by atoms with E-state index >= 15 is 0 Å². The SMILES string of the molecule is CCC(CC)(CO)Nc1nc(NN)nc(N2CCCC2)n1. The van der Waals surface area contributed by atoms with Gasteiger partial charge in [-0.05, 0) is 25.7 Å². The van der Waals surface area contributed by atoms with E-state index in [2.05, 4.69) is 30.6 Å². The molecule has 118 valence electrons. The number of nitrogen functional groups attached to an aromatic ring is 1. The van der Waals surface area contributed by atoms with Crippen LogP contribution in [0, 0.1) is 0 Å². The molecule has 0 bridgehead atoms. The van der Waals surface area contributed by atoms with Crippen molar-refractivity contribution in [1.29, 1.82) is 0 Å². The van der Waals surface area contributed by atoms with Crippen molar-refractivity contribution in [3.05, 3.63) is 0 Å². The number of anilines is 3. The van der Waals surface area contributed by atoms with Crippen LogP contribution < -0.4 is 21.5 Å². The quantitative estimate of drug-likeness (QED) is 0.430. The molecule has 1 aliphatic rings. The third kappa shape index (κ3) is 3.51. The highest BCUT2D eigenvalue weighted by molar-refractivity contribution is 5.45. The number of hydrogen-bond acceptors (Lipinski definition) is 8. The van der Waals surface area contributed by atoms with Gasteiger partial charge in [0.15, 0.2) is 0 Å². The molecule has 2 heterocycles. The monoisotopic (exact) mass is 295 g/mol. The zero-order chi connectivity index (χ0) is 15.3. The summed E-state index contributed by atoms with van der Waals surface area (Å²) in [5.74, 6) is 6.84. The maximum Gasteiger partial charge on any atom is 0.243 e. The Hall–Kier alpha value is -1.67. The van der Waals surface area contributed by atoms with Gasteiger partial charge in [-0.2, -0.15) is 15.0 Å². The first-order valence-electron chi connectivity index (χ1n) is 7.53. The zero-order valence-corrected chi connectivity index (χ0v) is 12.8. The molecule has 0 unspecified atom stereocenters. The molecule has 1 aromatic heterocycles. The Labute approximate surface area is 125 Å². The molecule has 0 atom stereocenters. The second-order valence-electron chi connectivity index (χ2n) is 5.39. The van der Waals surface area contributed by atoms with Gasteiger partial charge in [0.1, 0.15) is 0 Å². The first-order chi connectivity index (χ1) is 10.2. The maximum atomic E-state index is 9.66. The maximum absolute atomic E-state index is 9.66. The summed E-state index contributed by atoms with van der Waals surface area (Å²) in [6.07, 6.45) is 3.83. The first kappa shape index (κ1) is 15.7. The van der Waals surface area contributed by atoms with Gasteiger partial charge in [-0.15, -0.1) is 0 Å². The summed E-state index contributed by atoms with van der Waals surface area (Å²) in [6, 6.07) is 0. The lowest BCUT2D eigenvalue weighted by molar-refractivity contribution is 0.201. The number of aromatic nitrogens is 3. The van der Waals surface area contributed by atoms with E-state index in [1.807, 2.05) is 13.8 Å². The summed E-state index contributed by atoms with van der Waals surface area (Å²) in [5.41, 5.74) is 2.06. The summed E-state index contributed by atoms with van der Waals surface area (Å²) in [6.45, 7) is 5.96. The van der Waals surface area contributed by atoms with Crippen molar-refractivity contribution in [2.75, 3.05) is 35.3 Å². The van der Waals surface area contributed by atoms with Crippen LogP contribution in [0.3, 0.4) is 0 Å². The van der Waals surface area contributed by atoms with Crippen LogP contribution in [0.1, 0.15) is 39.5 Å². The predicted octanol–water partition coefficient (Wildman–Crippen LogP) is 0.720. The summed E-state index contributed by atoms with van der Waals surface area (Å²) < 4.78 is 0. The molecule has 0 aliphatic carbocycles. The Bertz CT molecular complexity index is 450. The number of aliphatic hydroxyl groups excluding tert-OH is 1. The molecule has 21 heavy (non-hydrogen) atoms. The molecule has 1 saturated heterocycles. The molecule has 8 nitrogen and oxygen atoms in total. The van der Waals surface area contributed by atoms with Crippen molar-refractivity contribution < 1.29 is 5.11 Å². The van der Waals surface area contributed by atoms with Crippen molar-refractivity contribution in [2.24, 2.45) is 5.84 Å². The van der Waals surface area contributed by atoms with Crippen molar-refractivity contribution in [1.82, 2.24) is 15.0 Å². The van der Waals surface area contributed by atoms with E-state index in [1.165, 1.54) is 0 Å². The Morgan fingerprint density at radius 3 is 2.29 bits per heavy atom. The van der Waals surface area contributed by atoms with Gasteiger partial charge in [-0.3, -0.25) is 5.43 Å². The van der Waals surface area contributed by atoms with E-state index in [0.29, 0.717) is 17.8 Å². The molecular formula is C13H25N7O. The lowest BCUT2D eigenvalue weighted by atomic mass is 9.94. The van der Waals surface area contributed by atoms with Crippen molar-refractivity contribution in [3.8, 4) is 0 Å². The molecule has 0 radical (unpaired) electrons. The third-order valence-electron chi connectivity index (χ3n) is 4.17. The van der Waals surface area contributed by atoms with Gasteiger partial charge in [0.2, 0.25) is 17.8 Å². The third-order valence-corrected chi connectivity index (χ3v) is 4.17. The molecule has 5 N–H and O–H groups in total. The van der Waals surface area contributed by atoms with Gasteiger partial charge in [0.25, 0.3) is 0 Å². The number of rotatable bonds is 7. The molecule has 1 aliphatic heterocycles. The summed E-state index contributed by atoms with van der Waals surface area (Å²) >= 11 is 0. The molecule has 1 fully saturated rings. The van der Waals surface area contributed by atoms with Crippen LogP contribution in [0.15, 0.2) is 0 Å². The van der Waals surface area contributed by atoms with Crippen molar-refractivity contribution in [3.63, 3.8) is 0 Å². The summed E-state index contributed by atoms with van der Waals surface area (Å²) in [4.78, 5) is 15.1. The van der Waals surface area contributed by atoms with E-state index in [0.717, 1.165) is 38.8 Å². The molecule has 0 amide bonds. The second-order valence-corrected chi connectivity index (χ2v) is 5.39. The van der Waals surface area contributed by atoms with Crippen LogP contribution in [0.25, 0.3) is 0 Å². The Kier molecular flexibility index (Phi) is 5.13. The fraction of sp³-hybridized carbons (Fsp3) is 0.769. The van der Waals surface area contributed by atoms with E-state index in [4.69, 9.17) is 5.84 Å². The molecule has 0 aromatic carbocycles. The van der Waals surface area contributed by atoms with E-state index in [9.17, 15) is 5.11 Å². The minimum absolute atomic E-state index is 0.0239. The smallest absolute Gasteiger partial charge is 0.243 e. The fourth-order valence-electron chi connectivity index (χ4n) is 2.47. The Morgan fingerprint density at radius 2 is 1.76 bits per heavy atom. The van der Waals surface area contributed by atoms with Crippen LogP contribution in [0.2, 0.25) is 0 Å². The standard InChI is InChI=1S/C13H25N7O/c1-3-13(4-2,9-21)18-10-15-11(19-14)17-12(16-10)20-7-5-6-8-20/h21H,3-9,14H2,1-2H3,(H2,15,16,17,18,19). The Balaban J connectivity index is 2.27. The number of nitrogens with zero attached hydrogens (tertiary/aromatic N) is 4. The number of hydrogen-bond donors (Lipinski definition) is 4. The zero-order valence-electron chi connectivity index (χ0n) is 12.8. The highest BCUT2D eigenvalue weighted by atomic mass is 16.3. The van der Waals surface area contributed by atoms with E-state index < -0.39 is 5.54 Å². The first-order valence-corrected chi connectivity index (χ1v) is 7.53. The Morgan fingerprint density at radius 1 is 1.14 bits per heavy atom. The number of hydrazine groups is 1. The lowest BCUT2D eigenvalue weighted by Gasteiger charge is -2.31. The van der Waals surface area contributed by atoms with Gasteiger partial charge >= 0.3 is 0 Å². The lowest BCUT2D eigenvalue weighted by Crippen LogP contribution is -2.41. The normalized spacial score (nSPS) is 15.3. The van der Waals surface area contributed by atoms with E-state index in [1.54, 1.807) is 0 Å². The molecule has 1 aromatic rings. The molecule has 0 saturated carbocycles. The topological polar surface area (TPSA) is 112 Å². The number of aliphatic hydroxyl groups is 1. The fourth-order valence-corrected chi connectivity index (χ4v) is 2.47. The van der Waals surface area contributed by atoms with Gasteiger partial charge in [0.05, 0.1) is 12.1 Å². The highest BCUT2D eigenvalue weighted by Crippen LogP contribution is 2.23. The average molecular weight is 295 g/mol. The largest absolute Gasteiger partial charge is 0.394 e. The molecule has 8 heteroatoms. The summed E-state index contributed by atoms with van der Waals surface area (Å²) in [7, 11) is 0. The van der Waals surface area contributed by atoms with Gasteiger partial charge in [-0.1, -0.05) is 13.8 Å².